The Labute approximate surface area is 247 Å². The first-order chi connectivity index (χ1) is 20.7. The highest BCUT2D eigenvalue weighted by Gasteiger charge is 2.32. The van der Waals surface area contributed by atoms with Crippen molar-refractivity contribution in [1.29, 1.82) is 0 Å². The summed E-state index contributed by atoms with van der Waals surface area (Å²) < 4.78 is 49.8. The third kappa shape index (κ3) is 7.10. The number of carbonyl (C=O) groups is 2. The summed E-state index contributed by atoms with van der Waals surface area (Å²) in [6.07, 6.45) is 0.744. The molecule has 2 aliphatic heterocycles. The highest BCUT2D eigenvalue weighted by molar-refractivity contribution is 5.96. The van der Waals surface area contributed by atoms with E-state index in [9.17, 15) is 22.8 Å². The molecule has 2 aliphatic rings. The number of anilines is 1. The summed E-state index contributed by atoms with van der Waals surface area (Å²) in [6.45, 7) is 2.91. The van der Waals surface area contributed by atoms with E-state index in [2.05, 4.69) is 30.4 Å². The molecule has 2 aromatic carbocycles. The van der Waals surface area contributed by atoms with Gasteiger partial charge in [0.25, 0.3) is 5.91 Å². The third-order valence-electron chi connectivity index (χ3n) is 8.08. The Morgan fingerprint density at radius 1 is 1.00 bits per heavy atom. The van der Waals surface area contributed by atoms with Crippen molar-refractivity contribution in [2.75, 3.05) is 51.8 Å². The summed E-state index contributed by atoms with van der Waals surface area (Å²) in [6, 6.07) is 8.19. The zero-order valence-electron chi connectivity index (χ0n) is 24.1. The van der Waals surface area contributed by atoms with Gasteiger partial charge in [-0.1, -0.05) is 6.07 Å². The van der Waals surface area contributed by atoms with Gasteiger partial charge in [-0.05, 0) is 49.9 Å². The van der Waals surface area contributed by atoms with Gasteiger partial charge in [-0.3, -0.25) is 14.5 Å². The molecule has 1 unspecified atom stereocenters. The van der Waals surface area contributed by atoms with Crippen LogP contribution in [0.5, 0.6) is 11.5 Å². The first-order valence-electron chi connectivity index (χ1n) is 14.3. The Morgan fingerprint density at radius 2 is 1.79 bits per heavy atom. The summed E-state index contributed by atoms with van der Waals surface area (Å²) >= 11 is 0. The van der Waals surface area contributed by atoms with E-state index < -0.39 is 17.6 Å². The third-order valence-corrected chi connectivity index (χ3v) is 8.08. The van der Waals surface area contributed by atoms with Gasteiger partial charge in [-0.15, -0.1) is 0 Å². The van der Waals surface area contributed by atoms with E-state index in [1.54, 1.807) is 20.5 Å². The minimum atomic E-state index is -4.55. The number of fused-ring (bicyclic) bond motifs is 1. The lowest BCUT2D eigenvalue weighted by Gasteiger charge is -2.27. The van der Waals surface area contributed by atoms with Crippen LogP contribution in [0.15, 0.2) is 42.7 Å². The summed E-state index contributed by atoms with van der Waals surface area (Å²) in [5, 5.41) is 6.28. The fraction of sp³-hybridized carbons (Fsp3) is 0.467. The predicted octanol–water partition coefficient (Wildman–Crippen LogP) is 3.65. The molecule has 2 N–H and O–H groups in total. The number of nitrogens with one attached hydrogen (secondary N) is 2. The summed E-state index contributed by atoms with van der Waals surface area (Å²) in [5.74, 6) is 1.00. The molecule has 3 aromatic rings. The zero-order chi connectivity index (χ0) is 30.6. The molecule has 1 aromatic heterocycles. The molecule has 0 radical (unpaired) electrons. The van der Waals surface area contributed by atoms with Gasteiger partial charge in [0.1, 0.15) is 12.1 Å². The van der Waals surface area contributed by atoms with Gasteiger partial charge in [0.2, 0.25) is 5.91 Å². The van der Waals surface area contributed by atoms with E-state index in [1.807, 2.05) is 12.1 Å². The number of halogens is 3. The number of carbonyl (C=O) groups excluding carboxylic acids is 2. The van der Waals surface area contributed by atoms with Crippen LogP contribution in [0.25, 0.3) is 10.9 Å². The van der Waals surface area contributed by atoms with E-state index >= 15 is 0 Å². The molecule has 230 valence electrons. The summed E-state index contributed by atoms with van der Waals surface area (Å²) in [4.78, 5) is 38.6. The Hall–Kier alpha value is -4.13. The number of rotatable bonds is 8. The van der Waals surface area contributed by atoms with Crippen LogP contribution in [0.2, 0.25) is 0 Å². The van der Waals surface area contributed by atoms with Gasteiger partial charge in [0, 0.05) is 55.3 Å². The highest BCUT2D eigenvalue weighted by atomic mass is 19.4. The number of hydrogen-bond acceptors (Lipinski definition) is 8. The maximum Gasteiger partial charge on any atom is 0.416 e. The van der Waals surface area contributed by atoms with E-state index in [0.29, 0.717) is 24.1 Å². The van der Waals surface area contributed by atoms with Crippen molar-refractivity contribution in [2.45, 2.75) is 43.9 Å². The molecule has 2 atom stereocenters. The molecule has 0 bridgehead atoms. The zero-order valence-corrected chi connectivity index (χ0v) is 24.1. The molecule has 43 heavy (non-hydrogen) atoms. The first-order valence-corrected chi connectivity index (χ1v) is 14.3. The Balaban J connectivity index is 1.13. The molecule has 5 rings (SSSR count). The molecule has 2 saturated heterocycles. The van der Waals surface area contributed by atoms with Crippen LogP contribution in [0.4, 0.5) is 19.0 Å². The van der Waals surface area contributed by atoms with Crippen LogP contribution < -0.4 is 25.0 Å². The molecule has 10 nitrogen and oxygen atoms in total. The second kappa shape index (κ2) is 13.0. The maximum absolute atomic E-state index is 12.9. The van der Waals surface area contributed by atoms with Crippen molar-refractivity contribution in [1.82, 2.24) is 25.5 Å². The van der Waals surface area contributed by atoms with Gasteiger partial charge >= 0.3 is 6.18 Å². The van der Waals surface area contributed by atoms with E-state index in [1.165, 1.54) is 12.1 Å². The minimum Gasteiger partial charge on any atom is -0.493 e. The molecular weight excluding hydrogens is 565 g/mol. The van der Waals surface area contributed by atoms with Crippen molar-refractivity contribution in [3.8, 4) is 11.5 Å². The molecule has 0 saturated carbocycles. The number of amides is 2. The molecule has 0 aliphatic carbocycles. The lowest BCUT2D eigenvalue weighted by Crippen LogP contribution is -2.44. The van der Waals surface area contributed by atoms with Gasteiger partial charge < -0.3 is 25.0 Å². The van der Waals surface area contributed by atoms with Crippen LogP contribution in [0.1, 0.15) is 41.6 Å². The summed E-state index contributed by atoms with van der Waals surface area (Å²) in [5.41, 5.74) is -0.276. The van der Waals surface area contributed by atoms with E-state index in [-0.39, 0.29) is 24.1 Å². The normalized spacial score (nSPS) is 19.6. The Bertz CT molecular complexity index is 1470. The quantitative estimate of drug-likeness (QED) is 0.404. The van der Waals surface area contributed by atoms with Crippen molar-refractivity contribution in [2.24, 2.45) is 0 Å². The summed E-state index contributed by atoms with van der Waals surface area (Å²) in [7, 11) is 3.20. The standard InChI is InChI=1S/C30H35F3N6O4/c1-42-25-14-23-24(15-26(25)43-2)35-18-36-28(23)38-10-4-7-22(9-12-38)39-11-8-21(17-39)37-27(40)16-34-29(41)19-5-3-6-20(13-19)30(31,32)33/h3,5-6,13-15,18,21-22H,4,7-12,16-17H2,1-2H3,(H,34,41)(H,37,40)/t21-,22?/m1/s1. The van der Waals surface area contributed by atoms with E-state index in [0.717, 1.165) is 74.2 Å². The largest absolute Gasteiger partial charge is 0.493 e. The number of aromatic nitrogens is 2. The van der Waals surface area contributed by atoms with Gasteiger partial charge in [-0.25, -0.2) is 9.97 Å². The Morgan fingerprint density at radius 3 is 2.56 bits per heavy atom. The van der Waals surface area contributed by atoms with Crippen LogP contribution in [0, 0.1) is 0 Å². The fourth-order valence-corrected chi connectivity index (χ4v) is 5.89. The number of nitrogens with zero attached hydrogens (tertiary/aromatic N) is 4. The number of likely N-dealkylation sites (tertiary alicyclic amines) is 1. The van der Waals surface area contributed by atoms with Gasteiger partial charge in [0.15, 0.2) is 11.5 Å². The van der Waals surface area contributed by atoms with Crippen molar-refractivity contribution >= 4 is 28.5 Å². The number of methoxy groups -OCH3 is 2. The fourth-order valence-electron chi connectivity index (χ4n) is 5.89. The second-order valence-electron chi connectivity index (χ2n) is 10.8. The molecule has 0 spiro atoms. The lowest BCUT2D eigenvalue weighted by molar-refractivity contribution is -0.137. The van der Waals surface area contributed by atoms with Crippen molar-refractivity contribution in [3.63, 3.8) is 0 Å². The molecule has 2 fully saturated rings. The lowest BCUT2D eigenvalue weighted by atomic mass is 10.1. The van der Waals surface area contributed by atoms with Gasteiger partial charge in [0.05, 0.1) is 31.8 Å². The molecule has 3 heterocycles. The molecule has 2 amide bonds. The number of ether oxygens (including phenoxy) is 2. The van der Waals surface area contributed by atoms with Gasteiger partial charge in [-0.2, -0.15) is 13.2 Å². The van der Waals surface area contributed by atoms with Crippen LogP contribution in [-0.4, -0.2) is 85.7 Å². The smallest absolute Gasteiger partial charge is 0.416 e. The second-order valence-corrected chi connectivity index (χ2v) is 10.8. The monoisotopic (exact) mass is 600 g/mol. The Kier molecular flexibility index (Phi) is 9.19. The maximum atomic E-state index is 12.9. The highest BCUT2D eigenvalue weighted by Crippen LogP contribution is 2.35. The molecular formula is C30H35F3N6O4. The van der Waals surface area contributed by atoms with E-state index in [4.69, 9.17) is 9.47 Å². The molecule has 13 heteroatoms. The SMILES string of the molecule is COc1cc2ncnc(N3CCCC(N4CC[C@@H](NC(=O)CNC(=O)c5cccc(C(F)(F)F)c5)C4)CC3)c2cc1OC. The number of alkyl halides is 3. The van der Waals surface area contributed by atoms with Crippen LogP contribution >= 0.6 is 0 Å². The number of benzene rings is 2. The van der Waals surface area contributed by atoms with Crippen LogP contribution in [-0.2, 0) is 11.0 Å². The van der Waals surface area contributed by atoms with Crippen LogP contribution in [0.3, 0.4) is 0 Å². The topological polar surface area (TPSA) is 109 Å². The first kappa shape index (κ1) is 30.3. The van der Waals surface area contributed by atoms with Crippen molar-refractivity contribution < 1.29 is 32.2 Å². The average Bonchev–Trinajstić information content (AvgIpc) is 3.32. The number of hydrogen-bond donors (Lipinski definition) is 2. The predicted molar refractivity (Wildman–Crippen MR) is 154 cm³/mol. The van der Waals surface area contributed by atoms with Crippen molar-refractivity contribution in [3.05, 3.63) is 53.9 Å². The minimum absolute atomic E-state index is 0.0643. The average molecular weight is 601 g/mol.